The van der Waals surface area contributed by atoms with Crippen LogP contribution in [0.2, 0.25) is 5.04 Å². The lowest BCUT2D eigenvalue weighted by atomic mass is 9.95. The second kappa shape index (κ2) is 12.3. The SMILES string of the molecule is COC(=O)C[C@H]1[C@H](Sc2ccccc2)C(=O)O[C@@H]1CCO[Si](c1ccccc1)(c1ccccc1)C(C)(C)C. The lowest BCUT2D eigenvalue weighted by Crippen LogP contribution is -2.66. The Morgan fingerprint density at radius 2 is 1.42 bits per heavy atom. The fourth-order valence-electron chi connectivity index (χ4n) is 5.33. The molecule has 0 saturated carbocycles. The predicted molar refractivity (Wildman–Crippen MR) is 154 cm³/mol. The van der Waals surface area contributed by atoms with E-state index < -0.39 is 19.7 Å². The van der Waals surface area contributed by atoms with Crippen LogP contribution in [0.25, 0.3) is 0 Å². The minimum absolute atomic E-state index is 0.122. The largest absolute Gasteiger partial charge is 0.469 e. The number of hydrogen-bond acceptors (Lipinski definition) is 6. The van der Waals surface area contributed by atoms with E-state index in [9.17, 15) is 9.59 Å². The summed E-state index contributed by atoms with van der Waals surface area (Å²) in [6.45, 7) is 7.12. The Morgan fingerprint density at radius 3 is 1.92 bits per heavy atom. The van der Waals surface area contributed by atoms with Crippen molar-refractivity contribution in [2.75, 3.05) is 13.7 Å². The fraction of sp³-hybridized carbons (Fsp3) is 0.355. The number of methoxy groups -OCH3 is 1. The van der Waals surface area contributed by atoms with E-state index in [0.717, 1.165) is 4.90 Å². The van der Waals surface area contributed by atoms with Crippen LogP contribution in [0.4, 0.5) is 0 Å². The Morgan fingerprint density at radius 1 is 0.895 bits per heavy atom. The van der Waals surface area contributed by atoms with Crippen molar-refractivity contribution in [3.05, 3.63) is 91.0 Å². The summed E-state index contributed by atoms with van der Waals surface area (Å²) in [5, 5.41) is 1.77. The molecule has 3 aromatic carbocycles. The second-order valence-electron chi connectivity index (χ2n) is 10.6. The molecule has 5 nitrogen and oxygen atoms in total. The van der Waals surface area contributed by atoms with Crippen molar-refractivity contribution in [1.82, 2.24) is 0 Å². The Kier molecular flexibility index (Phi) is 9.13. The van der Waals surface area contributed by atoms with Gasteiger partial charge in [0, 0.05) is 23.8 Å². The number of benzene rings is 3. The highest BCUT2D eigenvalue weighted by atomic mass is 32.2. The third-order valence-electron chi connectivity index (χ3n) is 7.14. The van der Waals surface area contributed by atoms with Gasteiger partial charge in [0.15, 0.2) is 0 Å². The highest BCUT2D eigenvalue weighted by Gasteiger charge is 2.51. The zero-order valence-corrected chi connectivity index (χ0v) is 24.3. The van der Waals surface area contributed by atoms with E-state index in [1.807, 2.05) is 42.5 Å². The van der Waals surface area contributed by atoms with Crippen LogP contribution in [0.15, 0.2) is 95.9 Å². The van der Waals surface area contributed by atoms with Crippen molar-refractivity contribution in [3.8, 4) is 0 Å². The summed E-state index contributed by atoms with van der Waals surface area (Å²) in [6, 6.07) is 30.7. The number of carbonyl (C=O) groups excluding carboxylic acids is 2. The number of carbonyl (C=O) groups is 2. The van der Waals surface area contributed by atoms with Gasteiger partial charge in [-0.3, -0.25) is 9.59 Å². The summed E-state index contributed by atoms with van der Waals surface area (Å²) < 4.78 is 17.9. The second-order valence-corrected chi connectivity index (χ2v) is 16.1. The molecule has 3 aromatic rings. The van der Waals surface area contributed by atoms with Gasteiger partial charge in [-0.05, 0) is 27.5 Å². The molecule has 7 heteroatoms. The molecule has 200 valence electrons. The first-order valence-corrected chi connectivity index (χ1v) is 15.8. The quantitative estimate of drug-likeness (QED) is 0.256. The molecule has 0 unspecified atom stereocenters. The molecular formula is C31H36O5SSi. The van der Waals surface area contributed by atoms with Crippen molar-refractivity contribution in [1.29, 1.82) is 0 Å². The maximum absolute atomic E-state index is 13.0. The zero-order chi connectivity index (χ0) is 27.2. The van der Waals surface area contributed by atoms with Crippen LogP contribution < -0.4 is 10.4 Å². The van der Waals surface area contributed by atoms with Crippen LogP contribution in [-0.2, 0) is 23.5 Å². The van der Waals surface area contributed by atoms with Crippen molar-refractivity contribution >= 4 is 42.4 Å². The zero-order valence-electron chi connectivity index (χ0n) is 22.5. The smallest absolute Gasteiger partial charge is 0.320 e. The number of cyclic esters (lactones) is 1. The van der Waals surface area contributed by atoms with Crippen molar-refractivity contribution < 1.29 is 23.5 Å². The van der Waals surface area contributed by atoms with Crippen LogP contribution in [0.1, 0.15) is 33.6 Å². The van der Waals surface area contributed by atoms with Gasteiger partial charge in [-0.2, -0.15) is 0 Å². The van der Waals surface area contributed by atoms with Crippen LogP contribution in [0.5, 0.6) is 0 Å². The maximum atomic E-state index is 13.0. The van der Waals surface area contributed by atoms with Crippen LogP contribution in [0, 0.1) is 5.92 Å². The van der Waals surface area contributed by atoms with E-state index in [1.165, 1.54) is 29.2 Å². The van der Waals surface area contributed by atoms with E-state index in [2.05, 4.69) is 69.3 Å². The van der Waals surface area contributed by atoms with Crippen molar-refractivity contribution in [2.24, 2.45) is 5.92 Å². The molecule has 38 heavy (non-hydrogen) atoms. The Balaban J connectivity index is 1.59. The van der Waals surface area contributed by atoms with Crippen molar-refractivity contribution in [3.63, 3.8) is 0 Å². The minimum atomic E-state index is -2.71. The van der Waals surface area contributed by atoms with Crippen LogP contribution in [-0.4, -0.2) is 45.3 Å². The van der Waals surface area contributed by atoms with Crippen LogP contribution >= 0.6 is 11.8 Å². The van der Waals surface area contributed by atoms with Crippen LogP contribution in [0.3, 0.4) is 0 Å². The van der Waals surface area contributed by atoms with Gasteiger partial charge < -0.3 is 13.9 Å². The molecule has 0 N–H and O–H groups in total. The van der Waals surface area contributed by atoms with E-state index in [1.54, 1.807) is 0 Å². The Hall–Kier alpha value is -2.87. The van der Waals surface area contributed by atoms with Gasteiger partial charge in [0.05, 0.1) is 13.5 Å². The molecule has 0 aromatic heterocycles. The van der Waals surface area contributed by atoms with Gasteiger partial charge in [-0.15, -0.1) is 11.8 Å². The first-order chi connectivity index (χ1) is 18.3. The molecule has 1 fully saturated rings. The van der Waals surface area contributed by atoms with Gasteiger partial charge in [-0.25, -0.2) is 0 Å². The third-order valence-corrected chi connectivity index (χ3v) is 13.5. The van der Waals surface area contributed by atoms with Gasteiger partial charge >= 0.3 is 11.9 Å². The van der Waals surface area contributed by atoms with E-state index in [0.29, 0.717) is 13.0 Å². The first kappa shape index (κ1) is 28.1. The number of rotatable bonds is 10. The van der Waals surface area contributed by atoms with Gasteiger partial charge in [0.1, 0.15) is 11.4 Å². The molecule has 1 aliphatic heterocycles. The molecule has 0 spiro atoms. The normalized spacial score (nSPS) is 19.7. The molecule has 0 bridgehead atoms. The molecule has 0 radical (unpaired) electrons. The Labute approximate surface area is 231 Å². The van der Waals surface area contributed by atoms with Crippen molar-refractivity contribution in [2.45, 2.75) is 54.9 Å². The molecule has 4 rings (SSSR count). The third kappa shape index (κ3) is 6.06. The summed E-state index contributed by atoms with van der Waals surface area (Å²) in [5.41, 5.74) is 0. The molecule has 0 aliphatic carbocycles. The fourth-order valence-corrected chi connectivity index (χ4v) is 11.1. The van der Waals surface area contributed by atoms with Gasteiger partial charge in [0.2, 0.25) is 0 Å². The molecule has 1 saturated heterocycles. The summed E-state index contributed by atoms with van der Waals surface area (Å²) in [4.78, 5) is 26.3. The van der Waals surface area contributed by atoms with Gasteiger partial charge in [0.25, 0.3) is 8.32 Å². The van der Waals surface area contributed by atoms with E-state index in [4.69, 9.17) is 13.9 Å². The number of hydrogen-bond donors (Lipinski definition) is 0. The average Bonchev–Trinajstić information content (AvgIpc) is 3.20. The Bertz CT molecular complexity index is 1160. The minimum Gasteiger partial charge on any atom is -0.469 e. The summed E-state index contributed by atoms with van der Waals surface area (Å²) in [7, 11) is -1.34. The van der Waals surface area contributed by atoms with E-state index in [-0.39, 0.29) is 29.3 Å². The first-order valence-electron chi connectivity index (χ1n) is 13.0. The molecule has 3 atom stereocenters. The topological polar surface area (TPSA) is 61.8 Å². The summed E-state index contributed by atoms with van der Waals surface area (Å²) in [5.74, 6) is -0.934. The van der Waals surface area contributed by atoms with Gasteiger partial charge in [-0.1, -0.05) is 99.6 Å². The summed E-state index contributed by atoms with van der Waals surface area (Å²) in [6.07, 6.45) is 0.196. The summed E-state index contributed by atoms with van der Waals surface area (Å²) >= 11 is 1.45. The maximum Gasteiger partial charge on any atom is 0.320 e. The van der Waals surface area contributed by atoms with E-state index >= 15 is 0 Å². The lowest BCUT2D eigenvalue weighted by Gasteiger charge is -2.43. The highest BCUT2D eigenvalue weighted by Crippen LogP contribution is 2.41. The number of esters is 2. The molecular weight excluding hydrogens is 512 g/mol. The standard InChI is InChI=1S/C31H36O5SSi/c1-31(2,3)38(24-16-10-6-11-17-24,25-18-12-7-13-19-25)35-21-20-27-26(22-28(32)34-4)29(30(33)36-27)37-23-14-8-5-9-15-23/h5-19,26-27,29H,20-22H2,1-4H3/t26-,27-,29+/m1/s1. The average molecular weight is 549 g/mol. The lowest BCUT2D eigenvalue weighted by molar-refractivity contribution is -0.144. The molecule has 0 amide bonds. The monoisotopic (exact) mass is 548 g/mol. The number of thioether (sulfide) groups is 1. The molecule has 1 heterocycles. The predicted octanol–water partition coefficient (Wildman–Crippen LogP) is 5.22. The number of ether oxygens (including phenoxy) is 2. The highest BCUT2D eigenvalue weighted by molar-refractivity contribution is 8.00. The molecule has 1 aliphatic rings.